The summed E-state index contributed by atoms with van der Waals surface area (Å²) in [6.45, 7) is 0.226. The lowest BCUT2D eigenvalue weighted by molar-refractivity contribution is 0.0951. The standard InChI is InChI=1S/C24H25FN2O5S/c1-31-22-13-10-18(14-23(22)32-2)15-26-24(28)19-11-8-17(9-12-19)16-27(33(3,29)30)21-7-5-4-6-20(21)25/h4-14H,15-16H2,1-3H3,(H,26,28). The molecule has 174 valence electrons. The molecule has 3 rings (SSSR count). The normalized spacial score (nSPS) is 11.0. The van der Waals surface area contributed by atoms with Crippen LogP contribution in [0.15, 0.2) is 66.7 Å². The Bertz CT molecular complexity index is 1230. The Hall–Kier alpha value is -3.59. The second kappa shape index (κ2) is 10.4. The Morgan fingerprint density at radius 1 is 0.939 bits per heavy atom. The Morgan fingerprint density at radius 3 is 2.18 bits per heavy atom. The van der Waals surface area contributed by atoms with Gasteiger partial charge in [-0.25, -0.2) is 12.8 Å². The van der Waals surface area contributed by atoms with Gasteiger partial charge in [0.1, 0.15) is 5.82 Å². The van der Waals surface area contributed by atoms with Gasteiger partial charge in [0.2, 0.25) is 10.0 Å². The van der Waals surface area contributed by atoms with E-state index >= 15 is 0 Å². The number of halogens is 1. The summed E-state index contributed by atoms with van der Waals surface area (Å²) in [5, 5.41) is 2.83. The van der Waals surface area contributed by atoms with Crippen LogP contribution in [0.25, 0.3) is 0 Å². The van der Waals surface area contributed by atoms with Crippen molar-refractivity contribution in [2.75, 3.05) is 24.8 Å². The van der Waals surface area contributed by atoms with E-state index in [-0.39, 0.29) is 24.7 Å². The van der Waals surface area contributed by atoms with E-state index in [1.54, 1.807) is 56.7 Å². The van der Waals surface area contributed by atoms with Crippen LogP contribution in [0.1, 0.15) is 21.5 Å². The van der Waals surface area contributed by atoms with Gasteiger partial charge < -0.3 is 14.8 Å². The van der Waals surface area contributed by atoms with Crippen molar-refractivity contribution in [3.63, 3.8) is 0 Å². The van der Waals surface area contributed by atoms with Crippen molar-refractivity contribution in [3.8, 4) is 11.5 Å². The fourth-order valence-corrected chi connectivity index (χ4v) is 4.13. The van der Waals surface area contributed by atoms with E-state index in [2.05, 4.69) is 5.32 Å². The molecule has 0 radical (unpaired) electrons. The van der Waals surface area contributed by atoms with Gasteiger partial charge in [-0.1, -0.05) is 30.3 Å². The molecule has 0 unspecified atom stereocenters. The molecule has 0 aliphatic rings. The summed E-state index contributed by atoms with van der Waals surface area (Å²) >= 11 is 0. The molecule has 0 aromatic heterocycles. The molecule has 3 aromatic carbocycles. The van der Waals surface area contributed by atoms with Gasteiger partial charge in [0.05, 0.1) is 32.7 Å². The maximum atomic E-state index is 14.2. The van der Waals surface area contributed by atoms with E-state index in [0.29, 0.717) is 22.6 Å². The lowest BCUT2D eigenvalue weighted by Gasteiger charge is -2.23. The highest BCUT2D eigenvalue weighted by molar-refractivity contribution is 7.92. The second-order valence-corrected chi connectivity index (χ2v) is 9.20. The van der Waals surface area contributed by atoms with E-state index in [0.717, 1.165) is 16.1 Å². The molecular weight excluding hydrogens is 447 g/mol. The van der Waals surface area contributed by atoms with Gasteiger partial charge in [-0.05, 0) is 47.5 Å². The number of carbonyl (C=O) groups excluding carboxylic acids is 1. The van der Waals surface area contributed by atoms with Gasteiger partial charge in [0.15, 0.2) is 11.5 Å². The average Bonchev–Trinajstić information content (AvgIpc) is 2.81. The number of anilines is 1. The van der Waals surface area contributed by atoms with Crippen LogP contribution in [-0.4, -0.2) is 34.8 Å². The number of methoxy groups -OCH3 is 2. The molecule has 7 nitrogen and oxygen atoms in total. The van der Waals surface area contributed by atoms with Crippen LogP contribution in [0.2, 0.25) is 0 Å². The molecule has 1 amide bonds. The van der Waals surface area contributed by atoms with Crippen LogP contribution in [0.5, 0.6) is 11.5 Å². The molecule has 0 aliphatic carbocycles. The summed E-state index contributed by atoms with van der Waals surface area (Å²) in [5.41, 5.74) is 1.83. The first-order valence-electron chi connectivity index (χ1n) is 10.0. The molecule has 0 saturated heterocycles. The molecule has 0 saturated carbocycles. The van der Waals surface area contributed by atoms with Crippen molar-refractivity contribution in [2.24, 2.45) is 0 Å². The monoisotopic (exact) mass is 472 g/mol. The predicted molar refractivity (Wildman–Crippen MR) is 125 cm³/mol. The number of rotatable bonds is 9. The number of ether oxygens (including phenoxy) is 2. The third-order valence-corrected chi connectivity index (χ3v) is 6.09. The van der Waals surface area contributed by atoms with E-state index in [1.165, 1.54) is 18.2 Å². The summed E-state index contributed by atoms with van der Waals surface area (Å²) in [7, 11) is -0.630. The minimum absolute atomic E-state index is 0.0308. The minimum Gasteiger partial charge on any atom is -0.493 e. The van der Waals surface area contributed by atoms with Crippen LogP contribution in [0, 0.1) is 5.82 Å². The van der Waals surface area contributed by atoms with Gasteiger partial charge in [0.25, 0.3) is 5.91 Å². The summed E-state index contributed by atoms with van der Waals surface area (Å²) in [6, 6.07) is 17.5. The molecule has 0 heterocycles. The van der Waals surface area contributed by atoms with Gasteiger partial charge in [0, 0.05) is 12.1 Å². The number of para-hydroxylation sites is 1. The minimum atomic E-state index is -3.72. The number of hydrogen-bond acceptors (Lipinski definition) is 5. The highest BCUT2D eigenvalue weighted by Gasteiger charge is 2.21. The maximum Gasteiger partial charge on any atom is 0.251 e. The van der Waals surface area contributed by atoms with Crippen molar-refractivity contribution >= 4 is 21.6 Å². The highest BCUT2D eigenvalue weighted by atomic mass is 32.2. The number of benzene rings is 3. The Labute approximate surface area is 192 Å². The van der Waals surface area contributed by atoms with Crippen LogP contribution in [0.3, 0.4) is 0 Å². The molecule has 1 N–H and O–H groups in total. The van der Waals surface area contributed by atoms with Crippen molar-refractivity contribution in [1.29, 1.82) is 0 Å². The number of hydrogen-bond donors (Lipinski definition) is 1. The van der Waals surface area contributed by atoms with Crippen LogP contribution in [-0.2, 0) is 23.1 Å². The third kappa shape index (κ3) is 6.01. The van der Waals surface area contributed by atoms with E-state index in [1.807, 2.05) is 6.07 Å². The fourth-order valence-electron chi connectivity index (χ4n) is 3.24. The third-order valence-electron chi connectivity index (χ3n) is 4.96. The molecule has 0 bridgehead atoms. The van der Waals surface area contributed by atoms with Gasteiger partial charge in [-0.2, -0.15) is 0 Å². The molecule has 0 aliphatic heterocycles. The zero-order valence-electron chi connectivity index (χ0n) is 18.5. The Kier molecular flexibility index (Phi) is 7.55. The largest absolute Gasteiger partial charge is 0.493 e. The summed E-state index contributed by atoms with van der Waals surface area (Å²) in [5.74, 6) is 0.250. The number of carbonyl (C=O) groups is 1. The first-order valence-corrected chi connectivity index (χ1v) is 11.9. The molecule has 9 heteroatoms. The first-order chi connectivity index (χ1) is 15.7. The molecular formula is C24H25FN2O5S. The molecule has 0 spiro atoms. The molecule has 0 fully saturated rings. The average molecular weight is 473 g/mol. The molecule has 3 aromatic rings. The number of sulfonamides is 1. The zero-order chi connectivity index (χ0) is 24.0. The van der Waals surface area contributed by atoms with Gasteiger partial charge in [-0.15, -0.1) is 0 Å². The lowest BCUT2D eigenvalue weighted by Crippen LogP contribution is -2.30. The van der Waals surface area contributed by atoms with Crippen LogP contribution < -0.4 is 19.1 Å². The summed E-state index contributed by atoms with van der Waals surface area (Å²) in [6.07, 6.45) is 1.02. The van der Waals surface area contributed by atoms with Gasteiger partial charge >= 0.3 is 0 Å². The van der Waals surface area contributed by atoms with Crippen LogP contribution in [0.4, 0.5) is 10.1 Å². The number of amides is 1. The fraction of sp³-hybridized carbons (Fsp3) is 0.208. The SMILES string of the molecule is COc1ccc(CNC(=O)c2ccc(CN(c3ccccc3F)S(C)(=O)=O)cc2)cc1OC. The van der Waals surface area contributed by atoms with Crippen molar-refractivity contribution in [3.05, 3.63) is 89.2 Å². The Morgan fingerprint density at radius 2 is 1.58 bits per heavy atom. The topological polar surface area (TPSA) is 84.9 Å². The number of nitrogens with one attached hydrogen (secondary N) is 1. The smallest absolute Gasteiger partial charge is 0.251 e. The van der Waals surface area contributed by atoms with Crippen LogP contribution >= 0.6 is 0 Å². The second-order valence-electron chi connectivity index (χ2n) is 7.29. The summed E-state index contributed by atoms with van der Waals surface area (Å²) < 4.78 is 50.1. The molecule has 33 heavy (non-hydrogen) atoms. The van der Waals surface area contributed by atoms with E-state index in [9.17, 15) is 17.6 Å². The quantitative estimate of drug-likeness (QED) is 0.513. The lowest BCUT2D eigenvalue weighted by atomic mass is 10.1. The maximum absolute atomic E-state index is 14.2. The van der Waals surface area contributed by atoms with Crippen molar-refractivity contribution < 1.29 is 27.1 Å². The summed E-state index contributed by atoms with van der Waals surface area (Å²) in [4.78, 5) is 12.5. The van der Waals surface area contributed by atoms with Crippen molar-refractivity contribution in [1.82, 2.24) is 5.32 Å². The first kappa shape index (κ1) is 24.1. The van der Waals surface area contributed by atoms with E-state index < -0.39 is 15.8 Å². The highest BCUT2D eigenvalue weighted by Crippen LogP contribution is 2.27. The zero-order valence-corrected chi connectivity index (χ0v) is 19.4. The van der Waals surface area contributed by atoms with Crippen molar-refractivity contribution in [2.45, 2.75) is 13.1 Å². The number of nitrogens with zero attached hydrogens (tertiary/aromatic N) is 1. The van der Waals surface area contributed by atoms with E-state index in [4.69, 9.17) is 9.47 Å². The molecule has 0 atom stereocenters. The van der Waals surface area contributed by atoms with Gasteiger partial charge in [-0.3, -0.25) is 9.10 Å². The Balaban J connectivity index is 1.69. The predicted octanol–water partition coefficient (Wildman–Crippen LogP) is 3.74.